The predicted octanol–water partition coefficient (Wildman–Crippen LogP) is 1.20. The first-order chi connectivity index (χ1) is 8.47. The third-order valence-electron chi connectivity index (χ3n) is 2.30. The first kappa shape index (κ1) is 13.6. The van der Waals surface area contributed by atoms with E-state index in [1.165, 1.54) is 19.4 Å². The molecule has 1 aromatic heterocycles. The van der Waals surface area contributed by atoms with Crippen LogP contribution in [0.4, 0.5) is 5.69 Å². The summed E-state index contributed by atoms with van der Waals surface area (Å²) in [6.07, 6.45) is 4.61. The molecule has 18 heavy (non-hydrogen) atoms. The molecule has 0 unspecified atom stereocenters. The van der Waals surface area contributed by atoms with E-state index in [2.05, 4.69) is 4.98 Å². The highest BCUT2D eigenvalue weighted by molar-refractivity contribution is 5.76. The van der Waals surface area contributed by atoms with Crippen LogP contribution in [0.5, 0.6) is 5.88 Å². The molecular weight excluding hydrogens is 238 g/mol. The number of nitro groups is 1. The molecule has 0 fully saturated rings. The van der Waals surface area contributed by atoms with Crippen molar-refractivity contribution < 1.29 is 14.5 Å². The Morgan fingerprint density at radius 2 is 2.33 bits per heavy atom. The summed E-state index contributed by atoms with van der Waals surface area (Å²) < 4.78 is 4.83. The molecule has 1 aromatic rings. The van der Waals surface area contributed by atoms with Gasteiger partial charge in [-0.2, -0.15) is 0 Å². The maximum atomic E-state index is 10.9. The van der Waals surface area contributed by atoms with Crippen molar-refractivity contribution in [2.24, 2.45) is 5.73 Å². The lowest BCUT2D eigenvalue weighted by molar-refractivity contribution is -0.386. The fourth-order valence-electron chi connectivity index (χ4n) is 1.42. The van der Waals surface area contributed by atoms with Gasteiger partial charge in [-0.1, -0.05) is 12.2 Å². The molecule has 96 valence electrons. The Balaban J connectivity index is 3.16. The number of nitrogens with zero attached hydrogens (tertiary/aromatic N) is 2. The quantitative estimate of drug-likeness (QED) is 0.624. The van der Waals surface area contributed by atoms with Crippen molar-refractivity contribution in [2.45, 2.75) is 13.3 Å². The van der Waals surface area contributed by atoms with Gasteiger partial charge in [0.2, 0.25) is 5.91 Å². The van der Waals surface area contributed by atoms with Crippen molar-refractivity contribution in [2.75, 3.05) is 7.11 Å². The van der Waals surface area contributed by atoms with Gasteiger partial charge < -0.3 is 10.5 Å². The van der Waals surface area contributed by atoms with E-state index in [0.717, 1.165) is 0 Å². The second-order valence-corrected chi connectivity index (χ2v) is 3.53. The van der Waals surface area contributed by atoms with Gasteiger partial charge in [0, 0.05) is 23.7 Å². The molecule has 1 amide bonds. The van der Waals surface area contributed by atoms with Gasteiger partial charge in [0.15, 0.2) is 0 Å². The van der Waals surface area contributed by atoms with Gasteiger partial charge in [0.1, 0.15) is 0 Å². The van der Waals surface area contributed by atoms with Crippen molar-refractivity contribution in [1.82, 2.24) is 4.98 Å². The normalized spacial score (nSPS) is 10.6. The second kappa shape index (κ2) is 5.76. The predicted molar refractivity (Wildman–Crippen MR) is 65.0 cm³/mol. The maximum absolute atomic E-state index is 10.9. The van der Waals surface area contributed by atoms with Crippen LogP contribution in [-0.2, 0) is 4.79 Å². The van der Waals surface area contributed by atoms with E-state index in [4.69, 9.17) is 10.5 Å². The van der Waals surface area contributed by atoms with Crippen LogP contribution in [0.2, 0.25) is 0 Å². The Bertz CT molecular complexity index is 511. The average Bonchev–Trinajstić information content (AvgIpc) is 2.29. The Morgan fingerprint density at radius 3 is 2.83 bits per heavy atom. The Hall–Kier alpha value is -2.44. The summed E-state index contributed by atoms with van der Waals surface area (Å²) in [6.45, 7) is 1.59. The first-order valence-electron chi connectivity index (χ1n) is 5.10. The summed E-state index contributed by atoms with van der Waals surface area (Å²) in [4.78, 5) is 24.8. The summed E-state index contributed by atoms with van der Waals surface area (Å²) in [7, 11) is 1.32. The maximum Gasteiger partial charge on any atom is 0.334 e. The molecule has 0 atom stereocenters. The highest BCUT2D eigenvalue weighted by atomic mass is 16.6. The van der Waals surface area contributed by atoms with E-state index in [-0.39, 0.29) is 18.0 Å². The molecule has 1 heterocycles. The smallest absolute Gasteiger partial charge is 0.334 e. The van der Waals surface area contributed by atoms with Gasteiger partial charge in [-0.15, -0.1) is 0 Å². The zero-order chi connectivity index (χ0) is 13.7. The Morgan fingerprint density at radius 1 is 1.67 bits per heavy atom. The minimum Gasteiger partial charge on any atom is -0.476 e. The molecule has 0 radical (unpaired) electrons. The lowest BCUT2D eigenvalue weighted by Gasteiger charge is -2.05. The first-order valence-corrected chi connectivity index (χ1v) is 5.10. The molecule has 0 aliphatic heterocycles. The van der Waals surface area contributed by atoms with Gasteiger partial charge >= 0.3 is 5.69 Å². The zero-order valence-corrected chi connectivity index (χ0v) is 10.0. The Labute approximate surface area is 103 Å². The summed E-state index contributed by atoms with van der Waals surface area (Å²) in [6, 6.07) is 0. The van der Waals surface area contributed by atoms with E-state index < -0.39 is 10.8 Å². The topological polar surface area (TPSA) is 108 Å². The van der Waals surface area contributed by atoms with Crippen LogP contribution in [0.3, 0.4) is 0 Å². The van der Waals surface area contributed by atoms with Gasteiger partial charge in [0.25, 0.3) is 5.88 Å². The number of amides is 1. The highest BCUT2D eigenvalue weighted by Crippen LogP contribution is 2.30. The number of hydrogen-bond acceptors (Lipinski definition) is 5. The molecule has 1 rings (SSSR count). The number of carbonyl (C=O) groups is 1. The standard InChI is InChI=1S/C11H13N3O4/c1-7-8(4-3-5-9(12)15)6-13-11(18-2)10(7)14(16)17/h3-4,6H,5H2,1-2H3,(H2,12,15). The van der Waals surface area contributed by atoms with Crippen LogP contribution in [0.1, 0.15) is 17.5 Å². The molecule has 0 aromatic carbocycles. The monoisotopic (exact) mass is 251 g/mol. The van der Waals surface area contributed by atoms with E-state index in [9.17, 15) is 14.9 Å². The Kier molecular flexibility index (Phi) is 4.36. The van der Waals surface area contributed by atoms with E-state index >= 15 is 0 Å². The van der Waals surface area contributed by atoms with Gasteiger partial charge in [-0.3, -0.25) is 14.9 Å². The van der Waals surface area contributed by atoms with Crippen LogP contribution >= 0.6 is 0 Å². The molecule has 7 nitrogen and oxygen atoms in total. The van der Waals surface area contributed by atoms with Crippen LogP contribution < -0.4 is 10.5 Å². The van der Waals surface area contributed by atoms with E-state index in [0.29, 0.717) is 11.1 Å². The molecule has 0 saturated carbocycles. The zero-order valence-electron chi connectivity index (χ0n) is 10.0. The number of primary amides is 1. The van der Waals surface area contributed by atoms with Crippen LogP contribution in [0.15, 0.2) is 12.3 Å². The molecule has 0 aliphatic rings. The van der Waals surface area contributed by atoms with E-state index in [1.807, 2.05) is 0 Å². The summed E-state index contributed by atoms with van der Waals surface area (Å²) in [5, 5.41) is 10.9. The minimum absolute atomic E-state index is 0.0375. The fraction of sp³-hybridized carbons (Fsp3) is 0.273. The van der Waals surface area contributed by atoms with Gasteiger partial charge in [-0.05, 0) is 6.92 Å². The summed E-state index contributed by atoms with van der Waals surface area (Å²) in [5.74, 6) is -0.510. The van der Waals surface area contributed by atoms with Crippen LogP contribution in [-0.4, -0.2) is 22.9 Å². The number of aromatic nitrogens is 1. The summed E-state index contributed by atoms with van der Waals surface area (Å²) in [5.41, 5.74) is 5.77. The lowest BCUT2D eigenvalue weighted by Crippen LogP contribution is -2.08. The van der Waals surface area contributed by atoms with Crippen molar-refractivity contribution in [1.29, 1.82) is 0 Å². The largest absolute Gasteiger partial charge is 0.476 e. The number of carbonyl (C=O) groups excluding carboxylic acids is 1. The van der Waals surface area contributed by atoms with Gasteiger partial charge in [0.05, 0.1) is 12.0 Å². The van der Waals surface area contributed by atoms with Crippen LogP contribution in [0, 0.1) is 17.0 Å². The van der Waals surface area contributed by atoms with Crippen molar-refractivity contribution in [3.8, 4) is 5.88 Å². The van der Waals surface area contributed by atoms with E-state index in [1.54, 1.807) is 13.0 Å². The number of hydrogen-bond donors (Lipinski definition) is 1. The number of methoxy groups -OCH3 is 1. The molecule has 0 spiro atoms. The third kappa shape index (κ3) is 3.03. The second-order valence-electron chi connectivity index (χ2n) is 3.53. The highest BCUT2D eigenvalue weighted by Gasteiger charge is 2.21. The van der Waals surface area contributed by atoms with Crippen molar-refractivity contribution >= 4 is 17.7 Å². The molecule has 0 aliphatic carbocycles. The fourth-order valence-corrected chi connectivity index (χ4v) is 1.42. The number of ether oxygens (including phenoxy) is 1. The molecule has 0 saturated heterocycles. The third-order valence-corrected chi connectivity index (χ3v) is 2.30. The van der Waals surface area contributed by atoms with Crippen molar-refractivity contribution in [3.05, 3.63) is 33.5 Å². The SMILES string of the molecule is COc1ncc(C=CCC(N)=O)c(C)c1[N+](=O)[O-]. The molecule has 0 bridgehead atoms. The molecular formula is C11H13N3O4. The number of rotatable bonds is 5. The molecule has 2 N–H and O–H groups in total. The average molecular weight is 251 g/mol. The molecule has 7 heteroatoms. The summed E-state index contributed by atoms with van der Waals surface area (Å²) >= 11 is 0. The lowest BCUT2D eigenvalue weighted by atomic mass is 10.1. The number of pyridine rings is 1. The van der Waals surface area contributed by atoms with Gasteiger partial charge in [-0.25, -0.2) is 4.98 Å². The van der Waals surface area contributed by atoms with Crippen LogP contribution in [0.25, 0.3) is 6.08 Å². The van der Waals surface area contributed by atoms with Crippen molar-refractivity contribution in [3.63, 3.8) is 0 Å². The minimum atomic E-state index is -0.549. The number of nitrogens with two attached hydrogens (primary N) is 1.